The monoisotopic (exact) mass is 582 g/mol. The second-order valence-electron chi connectivity index (χ2n) is 12.1. The molecule has 0 saturated carbocycles. The predicted molar refractivity (Wildman–Crippen MR) is 198 cm³/mol. The second kappa shape index (κ2) is 10.9. The molecule has 0 atom stereocenters. The summed E-state index contributed by atoms with van der Waals surface area (Å²) < 4.78 is 0. The average Bonchev–Trinajstić information content (AvgIpc) is 3.13. The lowest BCUT2D eigenvalue weighted by Crippen LogP contribution is -1.95. The van der Waals surface area contributed by atoms with E-state index < -0.39 is 0 Å². The fourth-order valence-corrected chi connectivity index (χ4v) is 7.34. The standard InChI is InChI=1S/C46H30/c1-3-14-31(15-4-1)38-24-13-25-39(32-16-5-2-6-17-32)45(38)46-42-22-11-9-20-40(42)44(41-21-10-12-23-43(41)46)36-27-26-35-28-33-18-7-8-19-34(33)29-37(35)30-36/h1-30H. The molecule has 214 valence electrons. The molecule has 9 aromatic rings. The molecule has 0 saturated heterocycles. The smallest absolute Gasteiger partial charge is 0.00139 e. The van der Waals surface area contributed by atoms with Crippen LogP contribution < -0.4 is 0 Å². The molecule has 0 unspecified atom stereocenters. The van der Waals surface area contributed by atoms with E-state index in [-0.39, 0.29) is 0 Å². The van der Waals surface area contributed by atoms with Gasteiger partial charge in [0, 0.05) is 0 Å². The zero-order chi connectivity index (χ0) is 30.5. The van der Waals surface area contributed by atoms with Crippen LogP contribution in [0.3, 0.4) is 0 Å². The maximum absolute atomic E-state index is 2.38. The maximum Gasteiger partial charge on any atom is -0.00139 e. The normalized spacial score (nSPS) is 11.5. The van der Waals surface area contributed by atoms with Gasteiger partial charge in [0.25, 0.3) is 0 Å². The van der Waals surface area contributed by atoms with Gasteiger partial charge in [-0.1, -0.05) is 164 Å². The summed E-state index contributed by atoms with van der Waals surface area (Å²) in [5.74, 6) is 0. The van der Waals surface area contributed by atoms with E-state index in [0.29, 0.717) is 0 Å². The molecular weight excluding hydrogens is 553 g/mol. The molecule has 0 aromatic heterocycles. The summed E-state index contributed by atoms with van der Waals surface area (Å²) in [5, 5.41) is 10.1. The highest BCUT2D eigenvalue weighted by Crippen LogP contribution is 2.49. The molecule has 0 amide bonds. The predicted octanol–water partition coefficient (Wildman–Crippen LogP) is 13.0. The molecule has 0 radical (unpaired) electrons. The lowest BCUT2D eigenvalue weighted by atomic mass is 9.81. The molecule has 0 aliphatic carbocycles. The highest BCUT2D eigenvalue weighted by Gasteiger charge is 2.22. The molecule has 0 spiro atoms. The second-order valence-corrected chi connectivity index (χ2v) is 12.1. The number of rotatable bonds is 4. The molecule has 0 aliphatic heterocycles. The van der Waals surface area contributed by atoms with Crippen LogP contribution in [-0.4, -0.2) is 0 Å². The van der Waals surface area contributed by atoms with E-state index in [4.69, 9.17) is 0 Å². The molecule has 0 aliphatic rings. The first-order valence-electron chi connectivity index (χ1n) is 15.9. The maximum atomic E-state index is 2.38. The third-order valence-corrected chi connectivity index (χ3v) is 9.41. The van der Waals surface area contributed by atoms with Gasteiger partial charge in [-0.05, 0) is 106 Å². The van der Waals surface area contributed by atoms with Crippen molar-refractivity contribution in [1.29, 1.82) is 0 Å². The van der Waals surface area contributed by atoms with Crippen LogP contribution in [0.2, 0.25) is 0 Å². The average molecular weight is 583 g/mol. The molecular formula is C46H30. The molecule has 9 rings (SSSR count). The Bertz CT molecular complexity index is 2440. The summed E-state index contributed by atoms with van der Waals surface area (Å²) in [6.07, 6.45) is 0. The van der Waals surface area contributed by atoms with Crippen molar-refractivity contribution in [2.24, 2.45) is 0 Å². The Labute approximate surface area is 268 Å². The van der Waals surface area contributed by atoms with E-state index in [1.54, 1.807) is 0 Å². The molecule has 0 N–H and O–H groups in total. The zero-order valence-electron chi connectivity index (χ0n) is 25.3. The Balaban J connectivity index is 1.40. The zero-order valence-corrected chi connectivity index (χ0v) is 25.3. The van der Waals surface area contributed by atoms with Gasteiger partial charge in [0.1, 0.15) is 0 Å². The van der Waals surface area contributed by atoms with Gasteiger partial charge < -0.3 is 0 Å². The van der Waals surface area contributed by atoms with Gasteiger partial charge in [-0.25, -0.2) is 0 Å². The van der Waals surface area contributed by atoms with Gasteiger partial charge in [0.05, 0.1) is 0 Å². The number of hydrogen-bond donors (Lipinski definition) is 0. The first kappa shape index (κ1) is 26.4. The van der Waals surface area contributed by atoms with E-state index >= 15 is 0 Å². The molecule has 0 heterocycles. The fourth-order valence-electron chi connectivity index (χ4n) is 7.34. The first-order chi connectivity index (χ1) is 22.8. The van der Waals surface area contributed by atoms with Crippen molar-refractivity contribution >= 4 is 43.1 Å². The number of fused-ring (bicyclic) bond motifs is 4. The summed E-state index contributed by atoms with van der Waals surface area (Å²) >= 11 is 0. The van der Waals surface area contributed by atoms with E-state index in [1.165, 1.54) is 87.6 Å². The third kappa shape index (κ3) is 4.30. The van der Waals surface area contributed by atoms with Crippen LogP contribution >= 0.6 is 0 Å². The van der Waals surface area contributed by atoms with Crippen LogP contribution in [0.5, 0.6) is 0 Å². The van der Waals surface area contributed by atoms with Gasteiger partial charge in [-0.2, -0.15) is 0 Å². The third-order valence-electron chi connectivity index (χ3n) is 9.41. The van der Waals surface area contributed by atoms with Crippen LogP contribution in [0.4, 0.5) is 0 Å². The summed E-state index contributed by atoms with van der Waals surface area (Å²) in [6.45, 7) is 0. The summed E-state index contributed by atoms with van der Waals surface area (Å²) in [5.41, 5.74) is 9.97. The highest BCUT2D eigenvalue weighted by molar-refractivity contribution is 6.24. The Hall–Kier alpha value is -5.98. The molecule has 9 aromatic carbocycles. The lowest BCUT2D eigenvalue weighted by molar-refractivity contribution is 1.58. The Morgan fingerprint density at radius 3 is 1.20 bits per heavy atom. The van der Waals surface area contributed by atoms with E-state index in [0.717, 1.165) is 0 Å². The molecule has 0 nitrogen and oxygen atoms in total. The van der Waals surface area contributed by atoms with Crippen molar-refractivity contribution in [1.82, 2.24) is 0 Å². The minimum atomic E-state index is 1.22. The van der Waals surface area contributed by atoms with Gasteiger partial charge >= 0.3 is 0 Å². The van der Waals surface area contributed by atoms with Crippen LogP contribution in [0.15, 0.2) is 182 Å². The van der Waals surface area contributed by atoms with Crippen molar-refractivity contribution in [2.45, 2.75) is 0 Å². The fraction of sp³-hybridized carbons (Fsp3) is 0. The van der Waals surface area contributed by atoms with Crippen molar-refractivity contribution in [3.8, 4) is 44.5 Å². The summed E-state index contributed by atoms with van der Waals surface area (Å²) in [6, 6.07) is 66.6. The van der Waals surface area contributed by atoms with Gasteiger partial charge in [-0.15, -0.1) is 0 Å². The quantitative estimate of drug-likeness (QED) is 0.181. The van der Waals surface area contributed by atoms with Crippen LogP contribution in [-0.2, 0) is 0 Å². The van der Waals surface area contributed by atoms with Crippen LogP contribution in [0, 0.1) is 0 Å². The molecule has 0 bridgehead atoms. The van der Waals surface area contributed by atoms with Gasteiger partial charge in [0.15, 0.2) is 0 Å². The van der Waals surface area contributed by atoms with Crippen molar-refractivity contribution in [3.05, 3.63) is 182 Å². The number of benzene rings is 9. The molecule has 46 heavy (non-hydrogen) atoms. The van der Waals surface area contributed by atoms with Crippen molar-refractivity contribution in [2.75, 3.05) is 0 Å². The minimum absolute atomic E-state index is 1.22. The van der Waals surface area contributed by atoms with E-state index in [9.17, 15) is 0 Å². The van der Waals surface area contributed by atoms with E-state index in [1.807, 2.05) is 0 Å². The number of hydrogen-bond acceptors (Lipinski definition) is 0. The topological polar surface area (TPSA) is 0 Å². The van der Waals surface area contributed by atoms with Crippen molar-refractivity contribution in [3.63, 3.8) is 0 Å². The highest BCUT2D eigenvalue weighted by atomic mass is 14.2. The lowest BCUT2D eigenvalue weighted by Gasteiger charge is -2.22. The van der Waals surface area contributed by atoms with Crippen molar-refractivity contribution < 1.29 is 0 Å². The largest absolute Gasteiger partial charge is 0.0622 e. The first-order valence-corrected chi connectivity index (χ1v) is 15.9. The van der Waals surface area contributed by atoms with Crippen LogP contribution in [0.25, 0.3) is 87.6 Å². The Kier molecular flexibility index (Phi) is 6.25. The van der Waals surface area contributed by atoms with Crippen LogP contribution in [0.1, 0.15) is 0 Å². The molecule has 0 heteroatoms. The van der Waals surface area contributed by atoms with Gasteiger partial charge in [0.2, 0.25) is 0 Å². The summed E-state index contributed by atoms with van der Waals surface area (Å²) in [4.78, 5) is 0. The Morgan fingerprint density at radius 1 is 0.217 bits per heavy atom. The Morgan fingerprint density at radius 2 is 0.652 bits per heavy atom. The van der Waals surface area contributed by atoms with E-state index in [2.05, 4.69) is 182 Å². The SMILES string of the molecule is c1ccc(-c2cccc(-c3ccccc3)c2-c2c3ccccc3c(-c3ccc4cc5ccccc5cc4c3)c3ccccc23)cc1. The minimum Gasteiger partial charge on any atom is -0.0622 e. The molecule has 0 fully saturated rings. The van der Waals surface area contributed by atoms with Gasteiger partial charge in [-0.3, -0.25) is 0 Å². The summed E-state index contributed by atoms with van der Waals surface area (Å²) in [7, 11) is 0.